The maximum atomic E-state index is 13.0. The van der Waals surface area contributed by atoms with Gasteiger partial charge in [-0.25, -0.2) is 8.42 Å². The van der Waals surface area contributed by atoms with Crippen LogP contribution in [0.1, 0.15) is 28.4 Å². The summed E-state index contributed by atoms with van der Waals surface area (Å²) < 4.78 is 25.5. The summed E-state index contributed by atoms with van der Waals surface area (Å²) in [5.74, 6) is -0.121. The number of para-hydroxylation sites is 1. The van der Waals surface area contributed by atoms with E-state index in [1.165, 1.54) is 0 Å². The summed E-state index contributed by atoms with van der Waals surface area (Å²) in [7, 11) is -3.40. The second-order valence-electron chi connectivity index (χ2n) is 6.26. The van der Waals surface area contributed by atoms with Crippen LogP contribution in [0.25, 0.3) is 0 Å². The zero-order valence-corrected chi connectivity index (χ0v) is 14.7. The summed E-state index contributed by atoms with van der Waals surface area (Å²) in [5.41, 5.74) is 3.75. The van der Waals surface area contributed by atoms with E-state index in [0.717, 1.165) is 29.5 Å². The van der Waals surface area contributed by atoms with Crippen LogP contribution in [0, 0.1) is 6.92 Å². The summed E-state index contributed by atoms with van der Waals surface area (Å²) in [6, 6.07) is 13.0. The number of aryl methyl sites for hydroxylation is 1. The second-order valence-corrected chi connectivity index (χ2v) is 8.01. The van der Waals surface area contributed by atoms with Gasteiger partial charge in [0.2, 0.25) is 10.0 Å². The number of fused-ring (bicyclic) bond motifs is 1. The van der Waals surface area contributed by atoms with Crippen molar-refractivity contribution in [2.75, 3.05) is 15.9 Å². The number of carbonyl (C=O) groups excluding carboxylic acids is 1. The lowest BCUT2D eigenvalue weighted by molar-refractivity contribution is 0.0981. The number of benzene rings is 2. The molecule has 0 fully saturated rings. The molecule has 0 unspecified atom stereocenters. The molecule has 1 amide bonds. The largest absolute Gasteiger partial charge is 0.305 e. The first-order valence-electron chi connectivity index (χ1n) is 7.76. The van der Waals surface area contributed by atoms with E-state index in [0.29, 0.717) is 11.3 Å². The van der Waals surface area contributed by atoms with Crippen LogP contribution in [0.4, 0.5) is 11.4 Å². The van der Waals surface area contributed by atoms with Crippen molar-refractivity contribution in [2.24, 2.45) is 0 Å². The van der Waals surface area contributed by atoms with Crippen molar-refractivity contribution in [1.82, 2.24) is 0 Å². The van der Waals surface area contributed by atoms with Crippen molar-refractivity contribution >= 4 is 27.3 Å². The van der Waals surface area contributed by atoms with E-state index in [2.05, 4.69) is 4.72 Å². The molecule has 1 aliphatic heterocycles. The quantitative estimate of drug-likeness (QED) is 0.931. The average molecular weight is 344 g/mol. The summed E-state index contributed by atoms with van der Waals surface area (Å²) >= 11 is 0. The molecule has 0 saturated heterocycles. The number of hydrogen-bond acceptors (Lipinski definition) is 3. The molecule has 2 aromatic carbocycles. The summed E-state index contributed by atoms with van der Waals surface area (Å²) in [4.78, 5) is 14.8. The zero-order valence-electron chi connectivity index (χ0n) is 13.9. The number of nitrogens with zero attached hydrogens (tertiary/aromatic N) is 1. The Bertz CT molecular complexity index is 906. The molecule has 6 heteroatoms. The maximum absolute atomic E-state index is 13.0. The highest BCUT2D eigenvalue weighted by Crippen LogP contribution is 2.33. The molecule has 2 aromatic rings. The Kier molecular flexibility index (Phi) is 4.09. The van der Waals surface area contributed by atoms with Gasteiger partial charge < -0.3 is 4.90 Å². The van der Waals surface area contributed by atoms with Gasteiger partial charge in [-0.05, 0) is 49.6 Å². The van der Waals surface area contributed by atoms with E-state index in [4.69, 9.17) is 0 Å². The van der Waals surface area contributed by atoms with Crippen molar-refractivity contribution < 1.29 is 13.2 Å². The average Bonchev–Trinajstić information content (AvgIpc) is 2.83. The SMILES string of the molecule is Cc1ccc(C(=O)N2c3ccccc3C[C@H]2C)cc1NS(C)(=O)=O. The molecular weight excluding hydrogens is 324 g/mol. The standard InChI is InChI=1S/C18H20N2O3S/c1-12-8-9-15(11-16(12)19-24(3,22)23)18(21)20-13(2)10-14-6-4-5-7-17(14)20/h4-9,11,13,19H,10H2,1-3H3/t13-/m1/s1. The Labute approximate surface area is 142 Å². The molecule has 0 bridgehead atoms. The third-order valence-electron chi connectivity index (χ3n) is 4.21. The monoisotopic (exact) mass is 344 g/mol. The van der Waals surface area contributed by atoms with Gasteiger partial charge in [0, 0.05) is 17.3 Å². The predicted molar refractivity (Wildman–Crippen MR) is 96.1 cm³/mol. The van der Waals surface area contributed by atoms with Gasteiger partial charge in [0.15, 0.2) is 0 Å². The maximum Gasteiger partial charge on any atom is 0.258 e. The first kappa shape index (κ1) is 16.5. The van der Waals surface area contributed by atoms with Gasteiger partial charge in [0.05, 0.1) is 11.9 Å². The zero-order chi connectivity index (χ0) is 17.5. The molecular formula is C18H20N2O3S. The molecule has 0 spiro atoms. The van der Waals surface area contributed by atoms with Crippen LogP contribution >= 0.6 is 0 Å². The Hall–Kier alpha value is -2.34. The molecule has 0 aliphatic carbocycles. The molecule has 126 valence electrons. The number of hydrogen-bond donors (Lipinski definition) is 1. The van der Waals surface area contributed by atoms with Crippen LogP contribution in [0.5, 0.6) is 0 Å². The molecule has 1 aliphatic rings. The molecule has 5 nitrogen and oxygen atoms in total. The third kappa shape index (κ3) is 3.14. The molecule has 1 atom stereocenters. The fraction of sp³-hybridized carbons (Fsp3) is 0.278. The lowest BCUT2D eigenvalue weighted by Gasteiger charge is -2.23. The van der Waals surface area contributed by atoms with Crippen LogP contribution in [-0.4, -0.2) is 26.6 Å². The van der Waals surface area contributed by atoms with Crippen LogP contribution in [0.3, 0.4) is 0 Å². The van der Waals surface area contributed by atoms with E-state index >= 15 is 0 Å². The molecule has 0 saturated carbocycles. The van der Waals surface area contributed by atoms with Crippen molar-refractivity contribution in [1.29, 1.82) is 0 Å². The lowest BCUT2D eigenvalue weighted by Crippen LogP contribution is -2.35. The van der Waals surface area contributed by atoms with Crippen LogP contribution in [-0.2, 0) is 16.4 Å². The minimum atomic E-state index is -3.40. The van der Waals surface area contributed by atoms with Gasteiger partial charge in [-0.3, -0.25) is 9.52 Å². The predicted octanol–water partition coefficient (Wildman–Crippen LogP) is 2.96. The topological polar surface area (TPSA) is 66.5 Å². The highest BCUT2D eigenvalue weighted by molar-refractivity contribution is 7.92. The summed E-state index contributed by atoms with van der Waals surface area (Å²) in [5, 5.41) is 0. The van der Waals surface area contributed by atoms with Crippen molar-refractivity contribution in [3.63, 3.8) is 0 Å². The normalized spacial score (nSPS) is 16.8. The number of amides is 1. The number of sulfonamides is 1. The third-order valence-corrected chi connectivity index (χ3v) is 4.80. The number of carbonyl (C=O) groups is 1. The number of nitrogens with one attached hydrogen (secondary N) is 1. The van der Waals surface area contributed by atoms with Gasteiger partial charge in [0.25, 0.3) is 5.91 Å². The minimum absolute atomic E-state index is 0.0718. The Morgan fingerprint density at radius 1 is 1.21 bits per heavy atom. The van der Waals surface area contributed by atoms with Crippen LogP contribution in [0.2, 0.25) is 0 Å². The summed E-state index contributed by atoms with van der Waals surface area (Å²) in [6.07, 6.45) is 1.92. The fourth-order valence-corrected chi connectivity index (χ4v) is 3.70. The van der Waals surface area contributed by atoms with Crippen molar-refractivity contribution in [2.45, 2.75) is 26.3 Å². The van der Waals surface area contributed by atoms with Gasteiger partial charge in [-0.2, -0.15) is 0 Å². The highest BCUT2D eigenvalue weighted by atomic mass is 32.2. The molecule has 24 heavy (non-hydrogen) atoms. The highest BCUT2D eigenvalue weighted by Gasteiger charge is 2.31. The Balaban J connectivity index is 1.98. The first-order chi connectivity index (χ1) is 11.3. The van der Waals surface area contributed by atoms with Gasteiger partial charge in [0.1, 0.15) is 0 Å². The van der Waals surface area contributed by atoms with Gasteiger partial charge >= 0.3 is 0 Å². The number of rotatable bonds is 3. The molecule has 0 radical (unpaired) electrons. The van der Waals surface area contributed by atoms with E-state index in [9.17, 15) is 13.2 Å². The molecule has 1 heterocycles. The van der Waals surface area contributed by atoms with E-state index in [-0.39, 0.29) is 11.9 Å². The molecule has 0 aromatic heterocycles. The minimum Gasteiger partial charge on any atom is -0.305 e. The number of anilines is 2. The smallest absolute Gasteiger partial charge is 0.258 e. The van der Waals surface area contributed by atoms with Crippen molar-refractivity contribution in [3.8, 4) is 0 Å². The lowest BCUT2D eigenvalue weighted by atomic mass is 10.1. The second kappa shape index (κ2) is 5.94. The molecule has 3 rings (SSSR count). The van der Waals surface area contributed by atoms with E-state index in [1.54, 1.807) is 30.0 Å². The van der Waals surface area contributed by atoms with E-state index in [1.807, 2.05) is 31.2 Å². The fourth-order valence-electron chi connectivity index (χ4n) is 3.08. The van der Waals surface area contributed by atoms with Crippen LogP contribution in [0.15, 0.2) is 42.5 Å². The van der Waals surface area contributed by atoms with Crippen LogP contribution < -0.4 is 9.62 Å². The van der Waals surface area contributed by atoms with Crippen molar-refractivity contribution in [3.05, 3.63) is 59.2 Å². The van der Waals surface area contributed by atoms with E-state index < -0.39 is 10.0 Å². The van der Waals surface area contributed by atoms with Gasteiger partial charge in [-0.1, -0.05) is 24.3 Å². The molecule has 1 N–H and O–H groups in total. The Morgan fingerprint density at radius 2 is 1.92 bits per heavy atom. The summed E-state index contributed by atoms with van der Waals surface area (Å²) in [6.45, 7) is 3.82. The Morgan fingerprint density at radius 3 is 2.62 bits per heavy atom. The first-order valence-corrected chi connectivity index (χ1v) is 9.65. The van der Waals surface area contributed by atoms with Gasteiger partial charge in [-0.15, -0.1) is 0 Å².